The van der Waals surface area contributed by atoms with Gasteiger partial charge in [0.05, 0.1) is 11.7 Å². The SMILES string of the molecule is CCO[Si](CCCCCC1OC1(C)C)(OCC)OCC. The van der Waals surface area contributed by atoms with Crippen LogP contribution in [-0.2, 0) is 18.0 Å². The number of hydrogen-bond donors (Lipinski definition) is 0. The Bertz CT molecular complexity index is 254. The lowest BCUT2D eigenvalue weighted by atomic mass is 10.0. The fraction of sp³-hybridized carbons (Fsp3) is 1.00. The Morgan fingerprint density at radius 2 is 1.40 bits per heavy atom. The van der Waals surface area contributed by atoms with Crippen LogP contribution in [0.4, 0.5) is 0 Å². The van der Waals surface area contributed by atoms with Crippen LogP contribution in [0.1, 0.15) is 60.3 Å². The van der Waals surface area contributed by atoms with Gasteiger partial charge in [0.25, 0.3) is 0 Å². The summed E-state index contributed by atoms with van der Waals surface area (Å²) in [5.74, 6) is 0. The summed E-state index contributed by atoms with van der Waals surface area (Å²) in [7, 11) is -2.42. The van der Waals surface area contributed by atoms with Crippen molar-refractivity contribution in [3.05, 3.63) is 0 Å². The third kappa shape index (κ3) is 5.82. The average molecular weight is 305 g/mol. The van der Waals surface area contributed by atoms with Crippen molar-refractivity contribution in [3.8, 4) is 0 Å². The molecule has 120 valence electrons. The highest BCUT2D eigenvalue weighted by molar-refractivity contribution is 6.60. The predicted octanol–water partition coefficient (Wildman–Crippen LogP) is 3.77. The van der Waals surface area contributed by atoms with Crippen molar-refractivity contribution in [2.45, 2.75) is 78.1 Å². The summed E-state index contributed by atoms with van der Waals surface area (Å²) in [5.41, 5.74) is 0.125. The molecule has 0 aromatic heterocycles. The zero-order valence-electron chi connectivity index (χ0n) is 13.9. The van der Waals surface area contributed by atoms with Crippen LogP contribution in [0.25, 0.3) is 0 Å². The molecule has 1 aliphatic rings. The van der Waals surface area contributed by atoms with Gasteiger partial charge in [0.1, 0.15) is 0 Å². The number of rotatable bonds is 12. The molecule has 1 saturated heterocycles. The molecular weight excluding hydrogens is 272 g/mol. The standard InChI is InChI=1S/C15H32O4Si/c1-6-16-20(17-7-2,18-8-3)13-11-9-10-12-14-15(4,5)19-14/h14H,6-13H2,1-5H3. The second-order valence-electron chi connectivity index (χ2n) is 5.79. The van der Waals surface area contributed by atoms with Gasteiger partial charge in [-0.2, -0.15) is 0 Å². The first kappa shape index (κ1) is 18.1. The molecule has 20 heavy (non-hydrogen) atoms. The van der Waals surface area contributed by atoms with Crippen LogP contribution < -0.4 is 0 Å². The minimum atomic E-state index is -2.42. The van der Waals surface area contributed by atoms with Crippen LogP contribution in [0.15, 0.2) is 0 Å². The maximum absolute atomic E-state index is 5.85. The molecule has 1 heterocycles. The summed E-state index contributed by atoms with van der Waals surface area (Å²) in [6, 6.07) is 0.928. The smallest absolute Gasteiger partial charge is 0.374 e. The first-order valence-electron chi connectivity index (χ1n) is 8.09. The van der Waals surface area contributed by atoms with Crippen LogP contribution in [0.2, 0.25) is 6.04 Å². The third-order valence-corrected chi connectivity index (χ3v) is 6.86. The van der Waals surface area contributed by atoms with E-state index in [0.29, 0.717) is 25.9 Å². The molecule has 4 nitrogen and oxygen atoms in total. The van der Waals surface area contributed by atoms with Crippen LogP contribution in [-0.4, -0.2) is 40.3 Å². The first-order valence-corrected chi connectivity index (χ1v) is 10.0. The van der Waals surface area contributed by atoms with E-state index in [1.165, 1.54) is 19.3 Å². The van der Waals surface area contributed by atoms with Crippen molar-refractivity contribution in [2.75, 3.05) is 19.8 Å². The van der Waals surface area contributed by atoms with Gasteiger partial charge in [-0.3, -0.25) is 0 Å². The summed E-state index contributed by atoms with van der Waals surface area (Å²) < 4.78 is 23.2. The summed E-state index contributed by atoms with van der Waals surface area (Å²) >= 11 is 0. The minimum absolute atomic E-state index is 0.125. The van der Waals surface area contributed by atoms with Gasteiger partial charge in [0.15, 0.2) is 0 Å². The van der Waals surface area contributed by atoms with Gasteiger partial charge in [0.2, 0.25) is 0 Å². The van der Waals surface area contributed by atoms with Crippen LogP contribution >= 0.6 is 0 Å². The van der Waals surface area contributed by atoms with Crippen molar-refractivity contribution >= 4 is 8.80 Å². The van der Waals surface area contributed by atoms with Gasteiger partial charge in [-0.25, -0.2) is 0 Å². The lowest BCUT2D eigenvalue weighted by Gasteiger charge is -2.28. The second kappa shape index (κ2) is 8.49. The van der Waals surface area contributed by atoms with E-state index in [9.17, 15) is 0 Å². The molecule has 0 radical (unpaired) electrons. The molecule has 0 aliphatic carbocycles. The number of epoxide rings is 1. The van der Waals surface area contributed by atoms with Crippen LogP contribution in [0.3, 0.4) is 0 Å². The minimum Gasteiger partial charge on any atom is -0.374 e. The first-order chi connectivity index (χ1) is 9.49. The molecule has 0 spiro atoms. The van der Waals surface area contributed by atoms with E-state index in [1.54, 1.807) is 0 Å². The Kier molecular flexibility index (Phi) is 7.68. The Hall–Kier alpha value is 0.0569. The predicted molar refractivity (Wildman–Crippen MR) is 82.9 cm³/mol. The molecule has 0 amide bonds. The van der Waals surface area contributed by atoms with Gasteiger partial charge in [-0.05, 0) is 47.5 Å². The van der Waals surface area contributed by atoms with Crippen molar-refractivity contribution in [2.24, 2.45) is 0 Å². The van der Waals surface area contributed by atoms with E-state index >= 15 is 0 Å². The van der Waals surface area contributed by atoms with Gasteiger partial charge < -0.3 is 18.0 Å². The lowest BCUT2D eigenvalue weighted by Crippen LogP contribution is -2.45. The van der Waals surface area contributed by atoms with E-state index < -0.39 is 8.80 Å². The quantitative estimate of drug-likeness (QED) is 0.312. The Morgan fingerprint density at radius 3 is 1.80 bits per heavy atom. The summed E-state index contributed by atoms with van der Waals surface area (Å²) in [4.78, 5) is 0. The molecule has 0 bridgehead atoms. The number of hydrogen-bond acceptors (Lipinski definition) is 4. The largest absolute Gasteiger partial charge is 0.500 e. The Morgan fingerprint density at radius 1 is 0.900 bits per heavy atom. The monoisotopic (exact) mass is 304 g/mol. The molecule has 1 rings (SSSR count). The van der Waals surface area contributed by atoms with Gasteiger partial charge in [-0.1, -0.05) is 12.8 Å². The second-order valence-corrected chi connectivity index (χ2v) is 8.52. The molecule has 0 aromatic rings. The molecule has 0 saturated carbocycles. The molecule has 0 aromatic carbocycles. The fourth-order valence-electron chi connectivity index (χ4n) is 2.59. The van der Waals surface area contributed by atoms with E-state index in [2.05, 4.69) is 13.8 Å². The van der Waals surface area contributed by atoms with Crippen LogP contribution in [0.5, 0.6) is 0 Å². The molecule has 1 unspecified atom stereocenters. The molecular formula is C15H32O4Si. The van der Waals surface area contributed by atoms with Gasteiger partial charge >= 0.3 is 8.80 Å². The zero-order valence-corrected chi connectivity index (χ0v) is 14.9. The normalized spacial score (nSPS) is 21.1. The molecule has 1 aliphatic heterocycles. The molecule has 1 atom stereocenters. The Balaban J connectivity index is 2.23. The maximum atomic E-state index is 5.85. The van der Waals surface area contributed by atoms with E-state index in [-0.39, 0.29) is 5.60 Å². The van der Waals surface area contributed by atoms with Crippen molar-refractivity contribution < 1.29 is 18.0 Å². The fourth-order valence-corrected chi connectivity index (χ4v) is 5.27. The zero-order chi connectivity index (χ0) is 15.1. The van der Waals surface area contributed by atoms with E-state index in [0.717, 1.165) is 12.5 Å². The summed E-state index contributed by atoms with van der Waals surface area (Å²) in [6.45, 7) is 12.3. The highest BCUT2D eigenvalue weighted by Gasteiger charge is 2.46. The number of ether oxygens (including phenoxy) is 1. The average Bonchev–Trinajstić information content (AvgIpc) is 2.97. The lowest BCUT2D eigenvalue weighted by molar-refractivity contribution is 0.0706. The van der Waals surface area contributed by atoms with Crippen molar-refractivity contribution in [3.63, 3.8) is 0 Å². The van der Waals surface area contributed by atoms with Gasteiger partial charge in [-0.15, -0.1) is 0 Å². The molecule has 1 fully saturated rings. The third-order valence-electron chi connectivity index (χ3n) is 3.71. The molecule has 0 N–H and O–H groups in total. The summed E-state index contributed by atoms with van der Waals surface area (Å²) in [6.07, 6.45) is 5.15. The summed E-state index contributed by atoms with van der Waals surface area (Å²) in [5, 5.41) is 0. The molecule has 5 heteroatoms. The maximum Gasteiger partial charge on any atom is 0.500 e. The Labute approximate surface area is 125 Å². The highest BCUT2D eigenvalue weighted by Crippen LogP contribution is 2.38. The highest BCUT2D eigenvalue weighted by atomic mass is 28.4. The van der Waals surface area contributed by atoms with Crippen molar-refractivity contribution in [1.29, 1.82) is 0 Å². The topological polar surface area (TPSA) is 40.2 Å². The van der Waals surface area contributed by atoms with Crippen LogP contribution in [0, 0.1) is 0 Å². The van der Waals surface area contributed by atoms with E-state index in [4.69, 9.17) is 18.0 Å². The van der Waals surface area contributed by atoms with E-state index in [1.807, 2.05) is 20.8 Å². The van der Waals surface area contributed by atoms with Gasteiger partial charge in [0, 0.05) is 25.9 Å². The number of unbranched alkanes of at least 4 members (excludes halogenated alkanes) is 2. The van der Waals surface area contributed by atoms with Crippen molar-refractivity contribution in [1.82, 2.24) is 0 Å².